The van der Waals surface area contributed by atoms with Crippen LogP contribution in [0.5, 0.6) is 0 Å². The van der Waals surface area contributed by atoms with Crippen molar-refractivity contribution in [3.63, 3.8) is 0 Å². The van der Waals surface area contributed by atoms with Gasteiger partial charge in [-0.05, 0) is 53.9 Å². The molecule has 1 heterocycles. The molecule has 1 atom stereocenters. The van der Waals surface area contributed by atoms with Gasteiger partial charge in [0.05, 0.1) is 0 Å². The van der Waals surface area contributed by atoms with Gasteiger partial charge >= 0.3 is 0 Å². The van der Waals surface area contributed by atoms with Gasteiger partial charge in [-0.3, -0.25) is 9.59 Å². The Kier molecular flexibility index (Phi) is 5.56. The van der Waals surface area contributed by atoms with Crippen LogP contribution in [0.1, 0.15) is 73.1 Å². The molecule has 2 aromatic carbocycles. The van der Waals surface area contributed by atoms with Gasteiger partial charge in [-0.2, -0.15) is 0 Å². The highest BCUT2D eigenvalue weighted by molar-refractivity contribution is 5.80. The van der Waals surface area contributed by atoms with E-state index in [0.29, 0.717) is 37.3 Å². The largest absolute Gasteiger partial charge is 0.356 e. The Labute approximate surface area is 185 Å². The maximum absolute atomic E-state index is 12.9. The van der Waals surface area contributed by atoms with Gasteiger partial charge in [0, 0.05) is 43.8 Å². The molecule has 4 heteroatoms. The predicted molar refractivity (Wildman–Crippen MR) is 122 cm³/mol. The highest BCUT2D eigenvalue weighted by atomic mass is 16.2. The Bertz CT molecular complexity index is 929. The van der Waals surface area contributed by atoms with E-state index < -0.39 is 0 Å². The topological polar surface area (TPSA) is 49.4 Å². The Morgan fingerprint density at radius 2 is 1.52 bits per heavy atom. The third-order valence-corrected chi connectivity index (χ3v) is 7.64. The Hall–Kier alpha value is -2.62. The smallest absolute Gasteiger partial charge is 0.223 e. The van der Waals surface area contributed by atoms with Gasteiger partial charge in [0.2, 0.25) is 11.8 Å². The number of fused-ring (bicyclic) bond motifs is 1. The summed E-state index contributed by atoms with van der Waals surface area (Å²) in [5.74, 6) is 1.68. The first-order chi connectivity index (χ1) is 15.2. The summed E-state index contributed by atoms with van der Waals surface area (Å²) in [5.41, 5.74) is 5.83. The zero-order valence-electron chi connectivity index (χ0n) is 18.3. The van der Waals surface area contributed by atoms with E-state index in [4.69, 9.17) is 0 Å². The van der Waals surface area contributed by atoms with Crippen molar-refractivity contribution in [3.8, 4) is 0 Å². The molecule has 1 unspecified atom stereocenters. The van der Waals surface area contributed by atoms with Crippen molar-refractivity contribution in [2.45, 2.75) is 50.9 Å². The van der Waals surface area contributed by atoms with Crippen molar-refractivity contribution in [1.82, 2.24) is 10.2 Å². The van der Waals surface area contributed by atoms with Crippen molar-refractivity contribution < 1.29 is 9.59 Å². The minimum atomic E-state index is 0.0334. The van der Waals surface area contributed by atoms with Crippen LogP contribution in [0, 0.1) is 11.8 Å². The van der Waals surface area contributed by atoms with E-state index >= 15 is 0 Å². The van der Waals surface area contributed by atoms with Gasteiger partial charge in [0.25, 0.3) is 0 Å². The summed E-state index contributed by atoms with van der Waals surface area (Å²) in [6, 6.07) is 17.7. The summed E-state index contributed by atoms with van der Waals surface area (Å²) in [7, 11) is 0. The third-order valence-electron chi connectivity index (χ3n) is 7.64. The fraction of sp³-hybridized carbons (Fsp3) is 0.481. The molecule has 1 saturated heterocycles. The maximum atomic E-state index is 12.9. The monoisotopic (exact) mass is 416 g/mol. The molecule has 162 valence electrons. The van der Waals surface area contributed by atoms with Crippen LogP contribution in [0.2, 0.25) is 0 Å². The summed E-state index contributed by atoms with van der Waals surface area (Å²) < 4.78 is 0. The molecule has 0 aromatic heterocycles. The quantitative estimate of drug-likeness (QED) is 0.783. The molecule has 1 N–H and O–H groups in total. The minimum absolute atomic E-state index is 0.0334. The number of carbonyl (C=O) groups excluding carboxylic acids is 2. The number of likely N-dealkylation sites (tertiary alicyclic amines) is 1. The van der Waals surface area contributed by atoms with E-state index in [0.717, 1.165) is 32.2 Å². The van der Waals surface area contributed by atoms with Gasteiger partial charge in [-0.25, -0.2) is 0 Å². The SMILES string of the molecule is CCCC(=O)N1CCC(C(=O)NCC2CC3c4ccccc4C2c2ccccc23)CC1. The van der Waals surface area contributed by atoms with Gasteiger partial charge in [0.15, 0.2) is 0 Å². The second kappa shape index (κ2) is 8.49. The minimum Gasteiger partial charge on any atom is -0.356 e. The number of rotatable bonds is 5. The molecule has 4 aliphatic rings. The Balaban J connectivity index is 1.24. The summed E-state index contributed by atoms with van der Waals surface area (Å²) in [6.07, 6.45) is 4.16. The standard InChI is InChI=1S/C27H32N2O2/c1-2-7-25(30)29-14-12-18(13-15-29)27(31)28-17-19-16-24-20-8-3-5-10-22(20)26(19)23-11-6-4-9-21(23)24/h3-6,8-11,18-19,24,26H,2,7,12-17H2,1H3,(H,28,31). The van der Waals surface area contributed by atoms with Crippen molar-refractivity contribution in [2.75, 3.05) is 19.6 Å². The van der Waals surface area contributed by atoms with Crippen molar-refractivity contribution in [2.24, 2.45) is 11.8 Å². The molecule has 4 nitrogen and oxygen atoms in total. The number of amides is 2. The first kappa shape index (κ1) is 20.3. The molecule has 6 rings (SSSR count). The molecular weight excluding hydrogens is 384 g/mol. The second-order valence-electron chi connectivity index (χ2n) is 9.43. The first-order valence-corrected chi connectivity index (χ1v) is 11.9. The van der Waals surface area contributed by atoms with Crippen LogP contribution >= 0.6 is 0 Å². The highest BCUT2D eigenvalue weighted by Gasteiger charge is 2.43. The van der Waals surface area contributed by atoms with E-state index in [2.05, 4.69) is 53.8 Å². The lowest BCUT2D eigenvalue weighted by molar-refractivity contribution is -0.135. The molecule has 31 heavy (non-hydrogen) atoms. The van der Waals surface area contributed by atoms with Crippen LogP contribution in [0.4, 0.5) is 0 Å². The van der Waals surface area contributed by atoms with Gasteiger partial charge in [-0.1, -0.05) is 55.5 Å². The first-order valence-electron chi connectivity index (χ1n) is 11.9. The third kappa shape index (κ3) is 3.66. The zero-order valence-corrected chi connectivity index (χ0v) is 18.3. The fourth-order valence-corrected chi connectivity index (χ4v) is 6.10. The molecular formula is C27H32N2O2. The van der Waals surface area contributed by atoms with E-state index in [1.165, 1.54) is 22.3 Å². The van der Waals surface area contributed by atoms with Gasteiger partial charge in [0.1, 0.15) is 0 Å². The summed E-state index contributed by atoms with van der Waals surface area (Å²) in [5, 5.41) is 3.30. The molecule has 2 bridgehead atoms. The highest BCUT2D eigenvalue weighted by Crippen LogP contribution is 2.55. The lowest BCUT2D eigenvalue weighted by atomic mass is 9.59. The number of nitrogens with one attached hydrogen (secondary N) is 1. The van der Waals surface area contributed by atoms with Crippen molar-refractivity contribution in [3.05, 3.63) is 70.8 Å². The van der Waals surface area contributed by atoms with Crippen LogP contribution in [0.15, 0.2) is 48.5 Å². The van der Waals surface area contributed by atoms with E-state index in [1.54, 1.807) is 0 Å². The zero-order chi connectivity index (χ0) is 21.4. The molecule has 0 radical (unpaired) electrons. The second-order valence-corrected chi connectivity index (χ2v) is 9.43. The average molecular weight is 417 g/mol. The molecule has 2 aromatic rings. The molecule has 2 amide bonds. The van der Waals surface area contributed by atoms with Crippen molar-refractivity contribution >= 4 is 11.8 Å². The number of nitrogens with zero attached hydrogens (tertiary/aromatic N) is 1. The number of hydrogen-bond acceptors (Lipinski definition) is 2. The summed E-state index contributed by atoms with van der Waals surface area (Å²) in [6.45, 7) is 4.20. The number of piperidine rings is 1. The Morgan fingerprint density at radius 3 is 2.10 bits per heavy atom. The molecule has 1 fully saturated rings. The number of benzene rings is 2. The van der Waals surface area contributed by atoms with Gasteiger partial charge < -0.3 is 10.2 Å². The molecule has 0 saturated carbocycles. The normalized spacial score (nSPS) is 24.4. The molecule has 3 aliphatic carbocycles. The van der Waals surface area contributed by atoms with E-state index in [1.807, 2.05) is 11.8 Å². The molecule has 0 spiro atoms. The molecule has 1 aliphatic heterocycles. The van der Waals surface area contributed by atoms with E-state index in [-0.39, 0.29) is 17.7 Å². The summed E-state index contributed by atoms with van der Waals surface area (Å²) >= 11 is 0. The predicted octanol–water partition coefficient (Wildman–Crippen LogP) is 4.44. The Morgan fingerprint density at radius 1 is 0.935 bits per heavy atom. The lowest BCUT2D eigenvalue weighted by Gasteiger charge is -2.45. The number of carbonyl (C=O) groups is 2. The van der Waals surface area contributed by atoms with Crippen molar-refractivity contribution in [1.29, 1.82) is 0 Å². The maximum Gasteiger partial charge on any atom is 0.223 e. The fourth-order valence-electron chi connectivity index (χ4n) is 6.10. The van der Waals surface area contributed by atoms with Crippen LogP contribution in [0.3, 0.4) is 0 Å². The average Bonchev–Trinajstić information content (AvgIpc) is 2.83. The van der Waals surface area contributed by atoms with Gasteiger partial charge in [-0.15, -0.1) is 0 Å². The van der Waals surface area contributed by atoms with E-state index in [9.17, 15) is 9.59 Å². The van der Waals surface area contributed by atoms with Crippen LogP contribution in [-0.2, 0) is 9.59 Å². The van der Waals surface area contributed by atoms with Crippen LogP contribution in [0.25, 0.3) is 0 Å². The van der Waals surface area contributed by atoms with Crippen LogP contribution in [-0.4, -0.2) is 36.3 Å². The lowest BCUT2D eigenvalue weighted by Crippen LogP contribution is -2.45. The number of hydrogen-bond donors (Lipinski definition) is 1. The van der Waals surface area contributed by atoms with Crippen LogP contribution < -0.4 is 5.32 Å². The summed E-state index contributed by atoms with van der Waals surface area (Å²) in [4.78, 5) is 27.0.